The molecule has 0 saturated carbocycles. The number of hydrogen-bond donors (Lipinski definition) is 2. The Balaban J connectivity index is 2.43. The van der Waals surface area contributed by atoms with E-state index in [4.69, 9.17) is 10.6 Å². The summed E-state index contributed by atoms with van der Waals surface area (Å²) in [6.45, 7) is 2.25. The molecule has 0 saturated heterocycles. The SMILES string of the molecule is CCCCCCCCC(NN)c1ccc(OC)c(Br)c1. The van der Waals surface area contributed by atoms with E-state index < -0.39 is 0 Å². The van der Waals surface area contributed by atoms with E-state index in [-0.39, 0.29) is 6.04 Å². The highest BCUT2D eigenvalue weighted by Gasteiger charge is 2.11. The largest absolute Gasteiger partial charge is 0.496 e. The summed E-state index contributed by atoms with van der Waals surface area (Å²) in [7, 11) is 1.68. The van der Waals surface area contributed by atoms with Crippen molar-refractivity contribution in [2.24, 2.45) is 5.84 Å². The van der Waals surface area contributed by atoms with E-state index in [0.29, 0.717) is 0 Å². The molecule has 1 unspecified atom stereocenters. The van der Waals surface area contributed by atoms with Crippen LogP contribution in [0.2, 0.25) is 0 Å². The van der Waals surface area contributed by atoms with Gasteiger partial charge in [0.15, 0.2) is 0 Å². The zero-order valence-corrected chi connectivity index (χ0v) is 14.2. The quantitative estimate of drug-likeness (QED) is 0.367. The lowest BCUT2D eigenvalue weighted by atomic mass is 10.00. The first-order valence-electron chi connectivity index (χ1n) is 7.52. The van der Waals surface area contributed by atoms with Gasteiger partial charge in [-0.25, -0.2) is 0 Å². The van der Waals surface area contributed by atoms with E-state index >= 15 is 0 Å². The fraction of sp³-hybridized carbons (Fsp3) is 0.625. The summed E-state index contributed by atoms with van der Waals surface area (Å²) in [5, 5.41) is 0. The van der Waals surface area contributed by atoms with Crippen molar-refractivity contribution in [3.05, 3.63) is 28.2 Å². The molecular weight excluding hydrogens is 316 g/mol. The fourth-order valence-corrected chi connectivity index (χ4v) is 2.93. The summed E-state index contributed by atoms with van der Waals surface area (Å²) in [6, 6.07) is 6.35. The topological polar surface area (TPSA) is 47.3 Å². The van der Waals surface area contributed by atoms with Gasteiger partial charge in [0.05, 0.1) is 11.6 Å². The van der Waals surface area contributed by atoms with Gasteiger partial charge in [0.2, 0.25) is 0 Å². The van der Waals surface area contributed by atoms with Gasteiger partial charge in [-0.1, -0.05) is 51.5 Å². The Bertz CT molecular complexity index is 385. The van der Waals surface area contributed by atoms with E-state index in [9.17, 15) is 0 Å². The number of unbranched alkanes of at least 4 members (excludes halogenated alkanes) is 5. The van der Waals surface area contributed by atoms with Gasteiger partial charge in [-0.05, 0) is 40.0 Å². The third-order valence-corrected chi connectivity index (χ3v) is 4.25. The number of halogens is 1. The predicted molar refractivity (Wildman–Crippen MR) is 88.8 cm³/mol. The summed E-state index contributed by atoms with van der Waals surface area (Å²) in [4.78, 5) is 0. The van der Waals surface area contributed by atoms with Crippen LogP contribution in [0.3, 0.4) is 0 Å². The standard InChI is InChI=1S/C16H27BrN2O/c1-3-4-5-6-7-8-9-15(19-18)13-10-11-16(20-2)14(17)12-13/h10-12,15,19H,3-9,18H2,1-2H3. The van der Waals surface area contributed by atoms with Crippen LogP contribution in [0.5, 0.6) is 5.75 Å². The molecule has 0 amide bonds. The first-order chi connectivity index (χ1) is 9.72. The molecule has 0 heterocycles. The molecule has 1 aromatic carbocycles. The smallest absolute Gasteiger partial charge is 0.133 e. The average molecular weight is 343 g/mol. The second-order valence-corrected chi connectivity index (χ2v) is 6.02. The van der Waals surface area contributed by atoms with Crippen LogP contribution in [0.1, 0.15) is 63.5 Å². The Morgan fingerprint density at radius 2 is 1.90 bits per heavy atom. The minimum atomic E-state index is 0.211. The van der Waals surface area contributed by atoms with Crippen molar-refractivity contribution in [1.82, 2.24) is 5.43 Å². The first kappa shape index (κ1) is 17.5. The molecule has 0 aliphatic rings. The van der Waals surface area contributed by atoms with Gasteiger partial charge >= 0.3 is 0 Å². The van der Waals surface area contributed by atoms with Crippen LogP contribution in [0.25, 0.3) is 0 Å². The van der Waals surface area contributed by atoms with Crippen LogP contribution in [0.15, 0.2) is 22.7 Å². The van der Waals surface area contributed by atoms with E-state index in [1.54, 1.807) is 7.11 Å². The summed E-state index contributed by atoms with van der Waals surface area (Å²) < 4.78 is 6.22. The molecule has 0 aliphatic carbocycles. The Labute approximate surface area is 131 Å². The normalized spacial score (nSPS) is 12.4. The maximum atomic E-state index is 5.69. The lowest BCUT2D eigenvalue weighted by molar-refractivity contribution is 0.411. The summed E-state index contributed by atoms with van der Waals surface area (Å²) in [5.74, 6) is 6.54. The minimum absolute atomic E-state index is 0.211. The lowest BCUT2D eigenvalue weighted by Gasteiger charge is -2.17. The molecule has 0 aliphatic heterocycles. The van der Waals surface area contributed by atoms with Crippen molar-refractivity contribution in [2.75, 3.05) is 7.11 Å². The highest BCUT2D eigenvalue weighted by molar-refractivity contribution is 9.10. The molecule has 0 radical (unpaired) electrons. The Morgan fingerprint density at radius 1 is 1.20 bits per heavy atom. The predicted octanol–water partition coefficient (Wildman–Crippen LogP) is 4.71. The molecule has 1 rings (SSSR count). The average Bonchev–Trinajstić information content (AvgIpc) is 2.46. The van der Waals surface area contributed by atoms with Gasteiger partial charge in [0.25, 0.3) is 0 Å². The third kappa shape index (κ3) is 5.81. The van der Waals surface area contributed by atoms with E-state index in [1.165, 1.54) is 44.1 Å². The van der Waals surface area contributed by atoms with Gasteiger partial charge in [0.1, 0.15) is 5.75 Å². The van der Waals surface area contributed by atoms with Crippen molar-refractivity contribution in [2.45, 2.75) is 57.9 Å². The Morgan fingerprint density at radius 3 is 2.50 bits per heavy atom. The number of methoxy groups -OCH3 is 1. The zero-order chi connectivity index (χ0) is 14.8. The van der Waals surface area contributed by atoms with Crippen molar-refractivity contribution in [3.8, 4) is 5.75 Å². The molecular formula is C16H27BrN2O. The fourth-order valence-electron chi connectivity index (χ4n) is 2.37. The monoisotopic (exact) mass is 342 g/mol. The number of benzene rings is 1. The molecule has 0 fully saturated rings. The summed E-state index contributed by atoms with van der Waals surface area (Å²) >= 11 is 3.52. The van der Waals surface area contributed by atoms with E-state index in [2.05, 4.69) is 40.4 Å². The number of hydrazine groups is 1. The molecule has 3 N–H and O–H groups in total. The molecule has 4 heteroatoms. The van der Waals surface area contributed by atoms with Crippen LogP contribution in [-0.2, 0) is 0 Å². The number of ether oxygens (including phenoxy) is 1. The second kappa shape index (κ2) is 10.2. The van der Waals surface area contributed by atoms with Crippen molar-refractivity contribution in [3.63, 3.8) is 0 Å². The highest BCUT2D eigenvalue weighted by atomic mass is 79.9. The molecule has 0 spiro atoms. The lowest BCUT2D eigenvalue weighted by Crippen LogP contribution is -2.28. The van der Waals surface area contributed by atoms with Gasteiger partial charge < -0.3 is 4.74 Å². The van der Waals surface area contributed by atoms with Gasteiger partial charge in [-0.2, -0.15) is 0 Å². The van der Waals surface area contributed by atoms with E-state index in [1.807, 2.05) is 6.07 Å². The van der Waals surface area contributed by atoms with Crippen molar-refractivity contribution >= 4 is 15.9 Å². The highest BCUT2D eigenvalue weighted by Crippen LogP contribution is 2.29. The molecule has 3 nitrogen and oxygen atoms in total. The third-order valence-electron chi connectivity index (χ3n) is 3.63. The summed E-state index contributed by atoms with van der Waals surface area (Å²) in [6.07, 6.45) is 8.90. The maximum absolute atomic E-state index is 5.69. The maximum Gasteiger partial charge on any atom is 0.133 e. The van der Waals surface area contributed by atoms with Gasteiger partial charge in [-0.15, -0.1) is 0 Å². The number of rotatable bonds is 10. The van der Waals surface area contributed by atoms with Crippen LogP contribution >= 0.6 is 15.9 Å². The second-order valence-electron chi connectivity index (χ2n) is 5.17. The Hall–Kier alpha value is -0.580. The molecule has 114 valence electrons. The number of hydrogen-bond acceptors (Lipinski definition) is 3. The van der Waals surface area contributed by atoms with Crippen molar-refractivity contribution in [1.29, 1.82) is 0 Å². The van der Waals surface area contributed by atoms with Gasteiger partial charge in [0, 0.05) is 6.04 Å². The molecule has 1 atom stereocenters. The van der Waals surface area contributed by atoms with Gasteiger partial charge in [-0.3, -0.25) is 11.3 Å². The van der Waals surface area contributed by atoms with Crippen LogP contribution in [-0.4, -0.2) is 7.11 Å². The molecule has 0 bridgehead atoms. The summed E-state index contributed by atoms with van der Waals surface area (Å²) in [5.41, 5.74) is 4.13. The van der Waals surface area contributed by atoms with E-state index in [0.717, 1.165) is 16.6 Å². The number of nitrogens with two attached hydrogens (primary N) is 1. The number of nitrogens with one attached hydrogen (secondary N) is 1. The molecule has 1 aromatic rings. The Kier molecular flexibility index (Phi) is 8.90. The van der Waals surface area contributed by atoms with Crippen LogP contribution in [0.4, 0.5) is 0 Å². The zero-order valence-electron chi connectivity index (χ0n) is 12.6. The van der Waals surface area contributed by atoms with Crippen molar-refractivity contribution < 1.29 is 4.74 Å². The molecule has 20 heavy (non-hydrogen) atoms. The minimum Gasteiger partial charge on any atom is -0.496 e. The first-order valence-corrected chi connectivity index (χ1v) is 8.31. The van der Waals surface area contributed by atoms with Crippen LogP contribution < -0.4 is 16.0 Å². The van der Waals surface area contributed by atoms with Crippen LogP contribution in [0, 0.1) is 0 Å². The molecule has 0 aromatic heterocycles.